The molecule has 2 fully saturated rings. The van der Waals surface area contributed by atoms with Gasteiger partial charge in [0, 0.05) is 18.1 Å². The summed E-state index contributed by atoms with van der Waals surface area (Å²) in [7, 11) is 0. The minimum absolute atomic E-state index is 0.731. The molecule has 0 amide bonds. The van der Waals surface area contributed by atoms with Crippen LogP contribution in [0.15, 0.2) is 0 Å². The first-order valence-corrected chi connectivity index (χ1v) is 8.21. The highest BCUT2D eigenvalue weighted by molar-refractivity contribution is 5.00. The zero-order valence-corrected chi connectivity index (χ0v) is 13.3. The lowest BCUT2D eigenvalue weighted by atomic mass is 9.63. The molecule has 0 radical (unpaired) electrons. The van der Waals surface area contributed by atoms with E-state index in [4.69, 9.17) is 0 Å². The lowest BCUT2D eigenvalue weighted by Gasteiger charge is -2.57. The van der Waals surface area contributed by atoms with E-state index in [1.807, 2.05) is 0 Å². The Hall–Kier alpha value is -0.0400. The average molecular weight is 251 g/mol. The molecule has 0 saturated carbocycles. The smallest absolute Gasteiger partial charge is 0.0134 e. The van der Waals surface area contributed by atoms with Gasteiger partial charge >= 0.3 is 0 Å². The van der Waals surface area contributed by atoms with Crippen LogP contribution in [-0.4, -0.2) is 23.0 Å². The van der Waals surface area contributed by atoms with Crippen molar-refractivity contribution in [3.05, 3.63) is 0 Å². The third-order valence-electron chi connectivity index (χ3n) is 5.55. The summed E-state index contributed by atoms with van der Waals surface area (Å²) >= 11 is 0. The Morgan fingerprint density at radius 2 is 1.56 bits per heavy atom. The molecule has 1 heteroatoms. The van der Waals surface area contributed by atoms with Gasteiger partial charge in [-0.15, -0.1) is 0 Å². The van der Waals surface area contributed by atoms with E-state index >= 15 is 0 Å². The molecule has 18 heavy (non-hydrogen) atoms. The first-order valence-electron chi connectivity index (χ1n) is 8.21. The predicted octanol–water partition coefficient (Wildman–Crippen LogP) is 4.57. The normalized spacial score (nSPS) is 37.8. The molecule has 2 saturated heterocycles. The Labute approximate surface area is 114 Å². The van der Waals surface area contributed by atoms with Gasteiger partial charge in [0.15, 0.2) is 0 Å². The summed E-state index contributed by atoms with van der Waals surface area (Å²) in [6.07, 6.45) is 5.81. The first kappa shape index (κ1) is 14.4. The first-order chi connectivity index (χ1) is 8.43. The van der Waals surface area contributed by atoms with Crippen molar-refractivity contribution < 1.29 is 0 Å². The molecule has 4 unspecified atom stereocenters. The van der Waals surface area contributed by atoms with E-state index in [0.29, 0.717) is 0 Å². The quantitative estimate of drug-likeness (QED) is 0.710. The van der Waals surface area contributed by atoms with Crippen LogP contribution in [-0.2, 0) is 0 Å². The second kappa shape index (κ2) is 5.53. The summed E-state index contributed by atoms with van der Waals surface area (Å²) in [6, 6.07) is 2.48. The number of hydrogen-bond acceptors (Lipinski definition) is 1. The van der Waals surface area contributed by atoms with Crippen LogP contribution < -0.4 is 0 Å². The summed E-state index contributed by atoms with van der Waals surface area (Å²) in [6.45, 7) is 14.6. The standard InChI is InChI=1S/C17H33N/c1-11(2)15-10-14-8-7-9-16(17(15)12(3)4)18(14)13(5)6/h11-17H,7-10H2,1-6H3. The maximum Gasteiger partial charge on any atom is 0.0134 e. The zero-order chi connectivity index (χ0) is 13.4. The second-order valence-electron chi connectivity index (χ2n) is 7.66. The van der Waals surface area contributed by atoms with Crippen LogP contribution in [0.2, 0.25) is 0 Å². The van der Waals surface area contributed by atoms with E-state index in [1.165, 1.54) is 25.7 Å². The van der Waals surface area contributed by atoms with E-state index in [1.54, 1.807) is 0 Å². The Morgan fingerprint density at radius 3 is 2.06 bits per heavy atom. The van der Waals surface area contributed by atoms with Gasteiger partial charge in [0.25, 0.3) is 0 Å². The molecule has 4 atom stereocenters. The van der Waals surface area contributed by atoms with E-state index in [2.05, 4.69) is 46.4 Å². The number of nitrogens with zero attached hydrogens (tertiary/aromatic N) is 1. The molecule has 0 aromatic heterocycles. The van der Waals surface area contributed by atoms with Crippen molar-refractivity contribution >= 4 is 0 Å². The molecule has 2 bridgehead atoms. The second-order valence-corrected chi connectivity index (χ2v) is 7.66. The average Bonchev–Trinajstić information content (AvgIpc) is 2.26. The van der Waals surface area contributed by atoms with Gasteiger partial charge in [-0.3, -0.25) is 4.90 Å². The van der Waals surface area contributed by atoms with Crippen LogP contribution in [0.4, 0.5) is 0 Å². The maximum absolute atomic E-state index is 2.88. The van der Waals surface area contributed by atoms with Gasteiger partial charge in [-0.25, -0.2) is 0 Å². The van der Waals surface area contributed by atoms with Crippen molar-refractivity contribution in [3.63, 3.8) is 0 Å². The monoisotopic (exact) mass is 251 g/mol. The van der Waals surface area contributed by atoms with E-state index in [9.17, 15) is 0 Å². The van der Waals surface area contributed by atoms with Crippen LogP contribution in [0.3, 0.4) is 0 Å². The van der Waals surface area contributed by atoms with Gasteiger partial charge in [0.2, 0.25) is 0 Å². The van der Waals surface area contributed by atoms with Crippen LogP contribution in [0, 0.1) is 23.7 Å². The summed E-state index contributed by atoms with van der Waals surface area (Å²) in [5.41, 5.74) is 0. The van der Waals surface area contributed by atoms with Crippen LogP contribution >= 0.6 is 0 Å². The van der Waals surface area contributed by atoms with Crippen molar-refractivity contribution in [1.82, 2.24) is 4.90 Å². The minimum Gasteiger partial charge on any atom is -0.295 e. The third kappa shape index (κ3) is 2.48. The molecular weight excluding hydrogens is 218 g/mol. The molecule has 0 aromatic rings. The summed E-state index contributed by atoms with van der Waals surface area (Å²) in [5, 5.41) is 0. The summed E-state index contributed by atoms with van der Waals surface area (Å²) < 4.78 is 0. The molecule has 0 spiro atoms. The van der Waals surface area contributed by atoms with Gasteiger partial charge in [-0.2, -0.15) is 0 Å². The van der Waals surface area contributed by atoms with E-state index in [-0.39, 0.29) is 0 Å². The molecule has 2 aliphatic heterocycles. The van der Waals surface area contributed by atoms with E-state index < -0.39 is 0 Å². The Kier molecular flexibility index (Phi) is 4.41. The fourth-order valence-corrected chi connectivity index (χ4v) is 4.98. The Morgan fingerprint density at radius 1 is 0.889 bits per heavy atom. The zero-order valence-electron chi connectivity index (χ0n) is 13.3. The van der Waals surface area contributed by atoms with Gasteiger partial charge in [0.1, 0.15) is 0 Å². The maximum atomic E-state index is 2.88. The highest BCUT2D eigenvalue weighted by atomic mass is 15.2. The summed E-state index contributed by atoms with van der Waals surface area (Å²) in [5.74, 6) is 3.57. The molecule has 0 N–H and O–H groups in total. The third-order valence-corrected chi connectivity index (χ3v) is 5.55. The van der Waals surface area contributed by atoms with Crippen LogP contribution in [0.25, 0.3) is 0 Å². The van der Waals surface area contributed by atoms with Gasteiger partial charge in [-0.1, -0.05) is 34.1 Å². The highest BCUT2D eigenvalue weighted by Gasteiger charge is 2.47. The highest BCUT2D eigenvalue weighted by Crippen LogP contribution is 2.47. The summed E-state index contributed by atoms with van der Waals surface area (Å²) in [4.78, 5) is 2.88. The molecule has 1 nitrogen and oxygen atoms in total. The van der Waals surface area contributed by atoms with Crippen molar-refractivity contribution in [3.8, 4) is 0 Å². The molecule has 0 aliphatic carbocycles. The van der Waals surface area contributed by atoms with Crippen molar-refractivity contribution in [1.29, 1.82) is 0 Å². The topological polar surface area (TPSA) is 3.24 Å². The fraction of sp³-hybridized carbons (Fsp3) is 1.00. The molecule has 2 rings (SSSR count). The molecule has 0 aromatic carbocycles. The van der Waals surface area contributed by atoms with Crippen LogP contribution in [0.5, 0.6) is 0 Å². The minimum atomic E-state index is 0.731. The molecule has 2 heterocycles. The predicted molar refractivity (Wildman–Crippen MR) is 79.7 cm³/mol. The van der Waals surface area contributed by atoms with Crippen LogP contribution in [0.1, 0.15) is 67.2 Å². The largest absolute Gasteiger partial charge is 0.295 e. The molecule has 2 aliphatic rings. The lowest BCUT2D eigenvalue weighted by Crippen LogP contribution is -2.60. The SMILES string of the molecule is CC(C)C1CC2CCCC(C1C(C)C)N2C(C)C. The number of fused-ring (bicyclic) bond motifs is 2. The fourth-order valence-electron chi connectivity index (χ4n) is 4.98. The van der Waals surface area contributed by atoms with Crippen molar-refractivity contribution in [2.45, 2.75) is 85.4 Å². The van der Waals surface area contributed by atoms with Crippen molar-refractivity contribution in [2.24, 2.45) is 23.7 Å². The van der Waals surface area contributed by atoms with E-state index in [0.717, 1.165) is 41.8 Å². The van der Waals surface area contributed by atoms with Gasteiger partial charge < -0.3 is 0 Å². The Balaban J connectivity index is 2.27. The molecule has 106 valence electrons. The van der Waals surface area contributed by atoms with Gasteiger partial charge in [-0.05, 0) is 56.8 Å². The molecular formula is C17H33N. The Bertz CT molecular complexity index is 269. The van der Waals surface area contributed by atoms with Crippen molar-refractivity contribution in [2.75, 3.05) is 0 Å². The number of piperidine rings is 2. The number of hydrogen-bond donors (Lipinski definition) is 0. The lowest BCUT2D eigenvalue weighted by molar-refractivity contribution is -0.0774. The van der Waals surface area contributed by atoms with Gasteiger partial charge in [0.05, 0.1) is 0 Å². The number of rotatable bonds is 3.